The van der Waals surface area contributed by atoms with Crippen molar-refractivity contribution >= 4 is 34.0 Å². The first kappa shape index (κ1) is 11.3. The van der Waals surface area contributed by atoms with Crippen molar-refractivity contribution in [2.45, 2.75) is 38.9 Å². The molecule has 0 N–H and O–H groups in total. The molecule has 0 spiro atoms. The Morgan fingerprint density at radius 2 is 1.37 bits per heavy atom. The first-order chi connectivity index (χ1) is 18.5. The highest BCUT2D eigenvalue weighted by molar-refractivity contribution is 7.23. The van der Waals surface area contributed by atoms with E-state index in [1.54, 1.807) is 18.2 Å². The van der Waals surface area contributed by atoms with Crippen LogP contribution in [0.5, 0.6) is 0 Å². The number of rotatable bonds is 3. The van der Waals surface area contributed by atoms with E-state index in [-0.39, 0.29) is 21.6 Å². The zero-order valence-electron chi connectivity index (χ0n) is 27.0. The van der Waals surface area contributed by atoms with Gasteiger partial charge >= 0.3 is 7.12 Å². The average molecular weight is 422 g/mol. The Hall–Kier alpha value is -2.40. The van der Waals surface area contributed by atoms with E-state index in [1.807, 2.05) is 27.7 Å². The van der Waals surface area contributed by atoms with Crippen LogP contribution in [0.1, 0.15) is 41.4 Å². The van der Waals surface area contributed by atoms with Gasteiger partial charge in [-0.1, -0.05) is 72.6 Å². The predicted octanol–water partition coefficient (Wildman–Crippen LogP) is 6.53. The fraction of sp³-hybridized carbons (Fsp3) is 0.231. The third kappa shape index (κ3) is 3.20. The van der Waals surface area contributed by atoms with Gasteiger partial charge in [-0.25, -0.2) is 0 Å². The van der Waals surface area contributed by atoms with Crippen LogP contribution in [0.4, 0.5) is 0 Å². The topological polar surface area (TPSA) is 18.5 Å². The van der Waals surface area contributed by atoms with Crippen LogP contribution in [-0.4, -0.2) is 18.3 Å². The molecule has 5 rings (SSSR count). The van der Waals surface area contributed by atoms with Gasteiger partial charge in [0.25, 0.3) is 0 Å². The van der Waals surface area contributed by atoms with Gasteiger partial charge in [0.15, 0.2) is 0 Å². The van der Waals surface area contributed by atoms with Gasteiger partial charge in [0.2, 0.25) is 0 Å². The molecular weight excluding hydrogens is 387 g/mol. The van der Waals surface area contributed by atoms with E-state index in [0.717, 1.165) is 11.3 Å². The van der Waals surface area contributed by atoms with Crippen molar-refractivity contribution in [1.82, 2.24) is 0 Å². The molecule has 0 bridgehead atoms. The third-order valence-electron chi connectivity index (χ3n) is 5.72. The van der Waals surface area contributed by atoms with E-state index in [2.05, 4.69) is 0 Å². The first-order valence-electron chi connectivity index (χ1n) is 14.6. The van der Waals surface area contributed by atoms with Crippen molar-refractivity contribution in [3.05, 3.63) is 78.6 Å². The molecule has 1 aromatic heterocycles. The molecule has 2 nitrogen and oxygen atoms in total. The summed E-state index contributed by atoms with van der Waals surface area (Å²) in [4.78, 5) is 0.205. The molecule has 150 valence electrons. The van der Waals surface area contributed by atoms with E-state index in [4.69, 9.17) is 23.0 Å². The second-order valence-electron chi connectivity index (χ2n) is 8.15. The summed E-state index contributed by atoms with van der Waals surface area (Å²) < 4.78 is 96.3. The summed E-state index contributed by atoms with van der Waals surface area (Å²) in [5.41, 5.74) is -0.491. The lowest BCUT2D eigenvalue weighted by molar-refractivity contribution is 0.00578. The second kappa shape index (κ2) is 7.09. The minimum absolute atomic E-state index is 0.105. The van der Waals surface area contributed by atoms with Crippen molar-refractivity contribution in [2.24, 2.45) is 0 Å². The maximum Gasteiger partial charge on any atom is 0.494 e. The largest absolute Gasteiger partial charge is 0.494 e. The molecule has 1 aliphatic heterocycles. The number of fused-ring (bicyclic) bond motifs is 1. The van der Waals surface area contributed by atoms with Crippen LogP contribution in [0.25, 0.3) is 31.7 Å². The molecule has 1 saturated heterocycles. The number of thiophene rings is 1. The summed E-state index contributed by atoms with van der Waals surface area (Å²) in [6.07, 6.45) is 0. The number of benzene rings is 3. The Bertz CT molecular complexity index is 1660. The summed E-state index contributed by atoms with van der Waals surface area (Å²) in [6, 6.07) is 0.281. The highest BCUT2D eigenvalue weighted by Gasteiger charge is 2.51. The second-order valence-corrected chi connectivity index (χ2v) is 9.20. The summed E-state index contributed by atoms with van der Waals surface area (Å²) >= 11 is 1.11. The lowest BCUT2D eigenvalue weighted by Crippen LogP contribution is -2.41. The molecule has 0 unspecified atom stereocenters. The predicted molar refractivity (Wildman–Crippen MR) is 128 cm³/mol. The Balaban J connectivity index is 1.86. The Kier molecular flexibility index (Phi) is 2.67. The van der Waals surface area contributed by atoms with Gasteiger partial charge in [-0.3, -0.25) is 0 Å². The Labute approximate surface area is 196 Å². The molecule has 0 aliphatic carbocycles. The first-order valence-corrected chi connectivity index (χ1v) is 10.4. The van der Waals surface area contributed by atoms with Crippen LogP contribution >= 0.6 is 11.3 Å². The van der Waals surface area contributed by atoms with Gasteiger partial charge < -0.3 is 9.31 Å². The normalized spacial score (nSPS) is 22.2. The summed E-state index contributed by atoms with van der Waals surface area (Å²) in [5.74, 6) is 0. The molecule has 1 aliphatic rings. The molecule has 0 saturated carbocycles. The number of hydrogen-bond acceptors (Lipinski definition) is 3. The minimum atomic E-state index is -0.690. The van der Waals surface area contributed by atoms with Gasteiger partial charge in [0.1, 0.15) is 0 Å². The fourth-order valence-corrected chi connectivity index (χ4v) is 4.61. The molecular formula is C26H25BO2S. The van der Waals surface area contributed by atoms with Gasteiger partial charge in [-0.2, -0.15) is 0 Å². The van der Waals surface area contributed by atoms with Crippen molar-refractivity contribution in [2.75, 3.05) is 0 Å². The van der Waals surface area contributed by atoms with E-state index in [9.17, 15) is 0 Å². The van der Waals surface area contributed by atoms with Crippen molar-refractivity contribution in [1.29, 1.82) is 0 Å². The van der Waals surface area contributed by atoms with Gasteiger partial charge in [-0.05, 0) is 50.4 Å². The fourth-order valence-electron chi connectivity index (χ4n) is 3.40. The molecule has 30 heavy (non-hydrogen) atoms. The lowest BCUT2D eigenvalue weighted by atomic mass is 9.79. The van der Waals surface area contributed by atoms with E-state index in [0.29, 0.717) is 15.5 Å². The SMILES string of the molecule is [2H]c1c([2H])c([2H])c(-c2sc3cc(B4OC(C)(C)C(C)(C)O4)ccc3c2-c2c([2H])c([2H])c([2H])c([2H])c2[2H])c([2H])c1[2H]. The zero-order valence-corrected chi connectivity index (χ0v) is 17.9. The minimum Gasteiger partial charge on any atom is -0.399 e. The summed E-state index contributed by atoms with van der Waals surface area (Å²) in [7, 11) is -0.690. The van der Waals surface area contributed by atoms with Gasteiger partial charge in [0.05, 0.1) is 24.9 Å². The molecule has 2 heterocycles. The lowest BCUT2D eigenvalue weighted by Gasteiger charge is -2.32. The smallest absolute Gasteiger partial charge is 0.399 e. The third-order valence-corrected chi connectivity index (χ3v) is 6.89. The van der Waals surface area contributed by atoms with Crippen LogP contribution < -0.4 is 5.46 Å². The summed E-state index contributed by atoms with van der Waals surface area (Å²) in [5, 5.41) is 0.505. The summed E-state index contributed by atoms with van der Waals surface area (Å²) in [6.45, 7) is 7.74. The standard InChI is InChI=1S/C26H25BO2S/c1-25(2)26(3,4)29-27(28-25)20-15-16-21-22(17-20)30-24(19-13-9-6-10-14-19)23(21)18-11-7-5-8-12-18/h5-17H,1-4H3/i5D,6D,7D,8D,9D,10D,11D,12D,13D,14D. The van der Waals surface area contributed by atoms with Crippen LogP contribution in [0.2, 0.25) is 0 Å². The van der Waals surface area contributed by atoms with Crippen LogP contribution in [0.3, 0.4) is 0 Å². The molecule has 3 aromatic carbocycles. The maximum absolute atomic E-state index is 8.63. The van der Waals surface area contributed by atoms with Gasteiger partial charge in [-0.15, -0.1) is 11.3 Å². The average Bonchev–Trinajstić information content (AvgIpc) is 3.36. The van der Waals surface area contributed by atoms with Gasteiger partial charge in [0, 0.05) is 20.5 Å². The molecule has 1 fully saturated rings. The van der Waals surface area contributed by atoms with E-state index >= 15 is 0 Å². The molecule has 4 heteroatoms. The van der Waals surface area contributed by atoms with E-state index < -0.39 is 78.7 Å². The van der Waals surface area contributed by atoms with Crippen LogP contribution in [0, 0.1) is 0 Å². The highest BCUT2D eigenvalue weighted by Crippen LogP contribution is 2.44. The molecule has 0 atom stereocenters. The molecule has 0 radical (unpaired) electrons. The molecule has 4 aromatic rings. The van der Waals surface area contributed by atoms with Crippen molar-refractivity contribution < 1.29 is 23.0 Å². The van der Waals surface area contributed by atoms with Crippen LogP contribution in [0.15, 0.2) is 78.6 Å². The van der Waals surface area contributed by atoms with E-state index in [1.165, 1.54) is 0 Å². The zero-order chi connectivity index (χ0) is 29.6. The quantitative estimate of drug-likeness (QED) is 0.349. The maximum atomic E-state index is 8.63. The molecule has 0 amide bonds. The Morgan fingerprint density at radius 1 is 0.800 bits per heavy atom. The van der Waals surface area contributed by atoms with Crippen LogP contribution in [-0.2, 0) is 9.31 Å². The number of hydrogen-bond donors (Lipinski definition) is 0. The van der Waals surface area contributed by atoms with Crippen molar-refractivity contribution in [3.8, 4) is 21.6 Å². The highest BCUT2D eigenvalue weighted by atomic mass is 32.1. The monoisotopic (exact) mass is 422 g/mol. The van der Waals surface area contributed by atoms with Crippen molar-refractivity contribution in [3.63, 3.8) is 0 Å². The Morgan fingerprint density at radius 3 is 1.97 bits per heavy atom.